The number of nitrogens with one attached hydrogen (secondary N) is 1. The molecule has 0 radical (unpaired) electrons. The summed E-state index contributed by atoms with van der Waals surface area (Å²) in [6, 6.07) is 16.7. The first kappa shape index (κ1) is 20.4. The molecule has 148 valence electrons. The molecule has 2 aromatic carbocycles. The second kappa shape index (κ2) is 9.21. The van der Waals surface area contributed by atoms with Crippen molar-refractivity contribution in [3.8, 4) is 5.69 Å². The van der Waals surface area contributed by atoms with Crippen LogP contribution in [0.15, 0.2) is 60.7 Å². The molecular weight excluding hydrogens is 390 g/mol. The number of hydrogen-bond donors (Lipinski definition) is 1. The highest BCUT2D eigenvalue weighted by molar-refractivity contribution is 6.30. The zero-order valence-electron chi connectivity index (χ0n) is 16.1. The fourth-order valence-electron chi connectivity index (χ4n) is 2.78. The van der Waals surface area contributed by atoms with Gasteiger partial charge in [0.15, 0.2) is 6.61 Å². The standard InChI is InChI=1S/C22H20ClN3O3/c1-15-22(16(2)26(25-15)19-9-4-3-5-10-19)24-20(27)14-29-21(28)12-11-17-7-6-8-18(23)13-17/h3-13H,14H2,1-2H3,(H,24,27)/b12-11+. The number of esters is 1. The average Bonchev–Trinajstić information content (AvgIpc) is 2.99. The lowest BCUT2D eigenvalue weighted by atomic mass is 10.2. The van der Waals surface area contributed by atoms with Gasteiger partial charge >= 0.3 is 5.97 Å². The van der Waals surface area contributed by atoms with Gasteiger partial charge in [-0.3, -0.25) is 4.79 Å². The summed E-state index contributed by atoms with van der Waals surface area (Å²) < 4.78 is 6.76. The Morgan fingerprint density at radius 2 is 1.90 bits per heavy atom. The smallest absolute Gasteiger partial charge is 0.331 e. The number of ether oxygens (including phenoxy) is 1. The van der Waals surface area contributed by atoms with Crippen LogP contribution in [0.3, 0.4) is 0 Å². The molecule has 0 saturated carbocycles. The number of para-hydroxylation sites is 1. The van der Waals surface area contributed by atoms with E-state index in [4.69, 9.17) is 16.3 Å². The summed E-state index contributed by atoms with van der Waals surface area (Å²) in [5.41, 5.74) is 3.72. The third-order valence-electron chi connectivity index (χ3n) is 4.16. The molecule has 1 N–H and O–H groups in total. The molecule has 1 aromatic heterocycles. The SMILES string of the molecule is Cc1nn(-c2ccccc2)c(C)c1NC(=O)COC(=O)/C=C/c1cccc(Cl)c1. The van der Waals surface area contributed by atoms with Crippen molar-refractivity contribution in [2.75, 3.05) is 11.9 Å². The molecule has 3 aromatic rings. The fourth-order valence-corrected chi connectivity index (χ4v) is 2.98. The summed E-state index contributed by atoms with van der Waals surface area (Å²) in [5, 5.41) is 7.81. The van der Waals surface area contributed by atoms with Gasteiger partial charge < -0.3 is 10.1 Å². The van der Waals surface area contributed by atoms with E-state index in [0.29, 0.717) is 16.4 Å². The van der Waals surface area contributed by atoms with Crippen LogP contribution in [0.1, 0.15) is 17.0 Å². The Morgan fingerprint density at radius 3 is 2.62 bits per heavy atom. The Balaban J connectivity index is 1.58. The molecule has 0 saturated heterocycles. The maximum absolute atomic E-state index is 12.2. The second-order valence-corrected chi connectivity index (χ2v) is 6.77. The highest BCUT2D eigenvalue weighted by atomic mass is 35.5. The van der Waals surface area contributed by atoms with E-state index in [1.165, 1.54) is 6.08 Å². The van der Waals surface area contributed by atoms with Gasteiger partial charge in [0.05, 0.1) is 22.8 Å². The van der Waals surface area contributed by atoms with Gasteiger partial charge in [0.2, 0.25) is 0 Å². The summed E-state index contributed by atoms with van der Waals surface area (Å²) in [6.07, 6.45) is 2.83. The van der Waals surface area contributed by atoms with Crippen molar-refractivity contribution in [3.05, 3.63) is 82.6 Å². The predicted octanol–water partition coefficient (Wildman–Crippen LogP) is 4.34. The molecule has 0 aliphatic rings. The molecule has 1 amide bonds. The van der Waals surface area contributed by atoms with E-state index in [1.54, 1.807) is 35.0 Å². The minimum atomic E-state index is -0.617. The summed E-state index contributed by atoms with van der Waals surface area (Å²) in [7, 11) is 0. The Labute approximate surface area is 173 Å². The minimum absolute atomic E-state index is 0.395. The number of nitrogens with zero attached hydrogens (tertiary/aromatic N) is 2. The van der Waals surface area contributed by atoms with Crippen LogP contribution >= 0.6 is 11.6 Å². The van der Waals surface area contributed by atoms with E-state index >= 15 is 0 Å². The lowest BCUT2D eigenvalue weighted by molar-refractivity contribution is -0.142. The summed E-state index contributed by atoms with van der Waals surface area (Å²) in [6.45, 7) is 3.28. The van der Waals surface area contributed by atoms with Crippen molar-refractivity contribution < 1.29 is 14.3 Å². The molecule has 1 heterocycles. The van der Waals surface area contributed by atoms with Crippen LogP contribution in [0.4, 0.5) is 5.69 Å². The second-order valence-electron chi connectivity index (χ2n) is 6.34. The van der Waals surface area contributed by atoms with Crippen molar-refractivity contribution in [1.29, 1.82) is 0 Å². The molecule has 7 heteroatoms. The van der Waals surface area contributed by atoms with E-state index in [0.717, 1.165) is 16.9 Å². The predicted molar refractivity (Wildman–Crippen MR) is 113 cm³/mol. The highest BCUT2D eigenvalue weighted by Gasteiger charge is 2.15. The van der Waals surface area contributed by atoms with Crippen LogP contribution in [0.5, 0.6) is 0 Å². The van der Waals surface area contributed by atoms with Crippen molar-refractivity contribution in [2.45, 2.75) is 13.8 Å². The Morgan fingerprint density at radius 1 is 1.14 bits per heavy atom. The monoisotopic (exact) mass is 409 g/mol. The first-order valence-corrected chi connectivity index (χ1v) is 9.34. The molecule has 0 aliphatic carbocycles. The number of carbonyl (C=O) groups excluding carboxylic acids is 2. The molecule has 0 atom stereocenters. The average molecular weight is 410 g/mol. The Bertz CT molecular complexity index is 1060. The fraction of sp³-hybridized carbons (Fsp3) is 0.136. The molecule has 6 nitrogen and oxygen atoms in total. The van der Waals surface area contributed by atoms with Crippen molar-refractivity contribution in [3.63, 3.8) is 0 Å². The van der Waals surface area contributed by atoms with Gasteiger partial charge in [0.25, 0.3) is 5.91 Å². The van der Waals surface area contributed by atoms with Gasteiger partial charge in [-0.2, -0.15) is 5.10 Å². The molecule has 0 unspecified atom stereocenters. The largest absolute Gasteiger partial charge is 0.452 e. The van der Waals surface area contributed by atoms with Crippen LogP contribution in [0, 0.1) is 13.8 Å². The maximum Gasteiger partial charge on any atom is 0.331 e. The minimum Gasteiger partial charge on any atom is -0.452 e. The van der Waals surface area contributed by atoms with E-state index in [-0.39, 0.29) is 0 Å². The number of aryl methyl sites for hydroxylation is 1. The van der Waals surface area contributed by atoms with Crippen LogP contribution < -0.4 is 5.32 Å². The maximum atomic E-state index is 12.2. The lowest BCUT2D eigenvalue weighted by Crippen LogP contribution is -2.20. The van der Waals surface area contributed by atoms with Gasteiger partial charge in [0, 0.05) is 11.1 Å². The highest BCUT2D eigenvalue weighted by Crippen LogP contribution is 2.22. The zero-order chi connectivity index (χ0) is 20.8. The number of rotatable bonds is 6. The number of aromatic nitrogens is 2. The van der Waals surface area contributed by atoms with E-state index in [2.05, 4.69) is 10.4 Å². The van der Waals surface area contributed by atoms with Crippen LogP contribution in [-0.4, -0.2) is 28.3 Å². The molecule has 0 bridgehead atoms. The molecule has 0 spiro atoms. The molecule has 0 aliphatic heterocycles. The third-order valence-corrected chi connectivity index (χ3v) is 4.40. The first-order valence-electron chi connectivity index (χ1n) is 8.96. The zero-order valence-corrected chi connectivity index (χ0v) is 16.8. The number of carbonyl (C=O) groups is 2. The topological polar surface area (TPSA) is 73.2 Å². The summed E-state index contributed by atoms with van der Waals surface area (Å²) >= 11 is 5.90. The lowest BCUT2D eigenvalue weighted by Gasteiger charge is -2.07. The van der Waals surface area contributed by atoms with Gasteiger partial charge in [0.1, 0.15) is 0 Å². The van der Waals surface area contributed by atoms with Crippen molar-refractivity contribution in [1.82, 2.24) is 9.78 Å². The number of halogens is 1. The number of anilines is 1. The molecule has 29 heavy (non-hydrogen) atoms. The van der Waals surface area contributed by atoms with Crippen LogP contribution in [0.25, 0.3) is 11.8 Å². The normalized spacial score (nSPS) is 10.9. The Kier molecular flexibility index (Phi) is 6.46. The van der Waals surface area contributed by atoms with E-state index < -0.39 is 18.5 Å². The van der Waals surface area contributed by atoms with Gasteiger partial charge in [-0.15, -0.1) is 0 Å². The molecule has 3 rings (SSSR count). The Hall–Kier alpha value is -3.38. The van der Waals surface area contributed by atoms with Gasteiger partial charge in [-0.25, -0.2) is 9.48 Å². The first-order chi connectivity index (χ1) is 13.9. The van der Waals surface area contributed by atoms with Gasteiger partial charge in [-0.1, -0.05) is 41.9 Å². The number of benzene rings is 2. The van der Waals surface area contributed by atoms with E-state index in [1.807, 2.05) is 44.2 Å². The van der Waals surface area contributed by atoms with E-state index in [9.17, 15) is 9.59 Å². The van der Waals surface area contributed by atoms with Crippen LogP contribution in [0.2, 0.25) is 5.02 Å². The van der Waals surface area contributed by atoms with Gasteiger partial charge in [-0.05, 0) is 49.8 Å². The number of amides is 1. The van der Waals surface area contributed by atoms with Crippen molar-refractivity contribution in [2.24, 2.45) is 0 Å². The van der Waals surface area contributed by atoms with Crippen LogP contribution in [-0.2, 0) is 14.3 Å². The van der Waals surface area contributed by atoms with Crippen molar-refractivity contribution >= 4 is 35.2 Å². The molecular formula is C22H20ClN3O3. The quantitative estimate of drug-likeness (QED) is 0.485. The number of hydrogen-bond acceptors (Lipinski definition) is 4. The summed E-state index contributed by atoms with van der Waals surface area (Å²) in [5.74, 6) is -1.05. The third kappa shape index (κ3) is 5.33. The molecule has 0 fully saturated rings. The summed E-state index contributed by atoms with van der Waals surface area (Å²) in [4.78, 5) is 24.1.